The molecule has 1 fully saturated rings. The summed E-state index contributed by atoms with van der Waals surface area (Å²) in [7, 11) is -3.66. The van der Waals surface area contributed by atoms with Crippen LogP contribution in [0, 0.1) is 0 Å². The number of sulfonamides is 1. The summed E-state index contributed by atoms with van der Waals surface area (Å²) in [6.45, 7) is 9.26. The van der Waals surface area contributed by atoms with Crippen molar-refractivity contribution in [2.75, 3.05) is 11.9 Å². The molecule has 1 saturated heterocycles. The Kier molecular flexibility index (Phi) is 6.65. The van der Waals surface area contributed by atoms with Gasteiger partial charge in [-0.15, -0.1) is 0 Å². The van der Waals surface area contributed by atoms with Gasteiger partial charge in [0.1, 0.15) is 10.7 Å². The van der Waals surface area contributed by atoms with Crippen LogP contribution >= 0.6 is 15.9 Å². The molecule has 3 rings (SSSR count). The number of anilines is 1. The van der Waals surface area contributed by atoms with Gasteiger partial charge in [-0.05, 0) is 59.3 Å². The number of aromatic nitrogens is 2. The smallest absolute Gasteiger partial charge is 0.247 e. The lowest BCUT2D eigenvalue weighted by Crippen LogP contribution is -2.61. The largest absolute Gasteiger partial charge is 0.363 e. The molecule has 0 radical (unpaired) electrons. The molecule has 0 amide bonds. The van der Waals surface area contributed by atoms with E-state index in [1.165, 1.54) is 0 Å². The van der Waals surface area contributed by atoms with Gasteiger partial charge in [0.25, 0.3) is 0 Å². The molecule has 8 heteroatoms. The highest BCUT2D eigenvalue weighted by Gasteiger charge is 2.49. The Morgan fingerprint density at radius 1 is 1.28 bits per heavy atom. The standard InChI is InChI=1S/C21H29BrN4O2S/c1-5-21(6-2)10-11-26(21)29(27,28)19-12-16(22)13-23-20(19)24-14-17-8-7-9-18(25-17)15(3)4/h7-9,12-13,15H,5-6,10-11,14H2,1-4H3,(H,23,24). The molecule has 0 bridgehead atoms. The average molecular weight is 481 g/mol. The van der Waals surface area contributed by atoms with Gasteiger partial charge in [0.2, 0.25) is 10.0 Å². The van der Waals surface area contributed by atoms with Crippen LogP contribution in [-0.4, -0.2) is 34.8 Å². The number of pyridine rings is 2. The molecule has 0 aliphatic carbocycles. The van der Waals surface area contributed by atoms with Crippen LogP contribution in [0.25, 0.3) is 0 Å². The number of nitrogens with zero attached hydrogens (tertiary/aromatic N) is 3. The van der Waals surface area contributed by atoms with Crippen molar-refractivity contribution in [3.63, 3.8) is 0 Å². The van der Waals surface area contributed by atoms with Crippen molar-refractivity contribution >= 4 is 31.8 Å². The summed E-state index contributed by atoms with van der Waals surface area (Å²) in [5.74, 6) is 0.692. The zero-order valence-electron chi connectivity index (χ0n) is 17.4. The molecule has 1 N–H and O–H groups in total. The quantitative estimate of drug-likeness (QED) is 0.579. The number of hydrogen-bond donors (Lipinski definition) is 1. The van der Waals surface area contributed by atoms with E-state index >= 15 is 0 Å². The van der Waals surface area contributed by atoms with Crippen LogP contribution in [0.5, 0.6) is 0 Å². The molecule has 3 heterocycles. The molecule has 158 valence electrons. The van der Waals surface area contributed by atoms with Crippen molar-refractivity contribution in [2.24, 2.45) is 0 Å². The highest BCUT2D eigenvalue weighted by molar-refractivity contribution is 9.10. The number of nitrogens with one attached hydrogen (secondary N) is 1. The maximum atomic E-state index is 13.5. The first kappa shape index (κ1) is 22.2. The van der Waals surface area contributed by atoms with Crippen molar-refractivity contribution in [1.29, 1.82) is 0 Å². The van der Waals surface area contributed by atoms with Gasteiger partial charge < -0.3 is 5.32 Å². The van der Waals surface area contributed by atoms with Crippen molar-refractivity contribution in [3.8, 4) is 0 Å². The number of halogens is 1. The summed E-state index contributed by atoms with van der Waals surface area (Å²) in [6.07, 6.45) is 4.12. The Bertz CT molecular complexity index is 969. The summed E-state index contributed by atoms with van der Waals surface area (Å²) < 4.78 is 29.3. The second-order valence-corrected chi connectivity index (χ2v) is 10.6. The Hall–Kier alpha value is -1.51. The van der Waals surface area contributed by atoms with Gasteiger partial charge in [-0.2, -0.15) is 4.31 Å². The molecule has 6 nitrogen and oxygen atoms in total. The fourth-order valence-electron chi connectivity index (χ4n) is 3.81. The van der Waals surface area contributed by atoms with Crippen molar-refractivity contribution in [2.45, 2.75) is 69.9 Å². The van der Waals surface area contributed by atoms with Gasteiger partial charge in [-0.3, -0.25) is 4.98 Å². The summed E-state index contributed by atoms with van der Waals surface area (Å²) in [6, 6.07) is 7.54. The van der Waals surface area contributed by atoms with Gasteiger partial charge in [-0.1, -0.05) is 33.8 Å². The van der Waals surface area contributed by atoms with Gasteiger partial charge in [0, 0.05) is 28.4 Å². The molecular weight excluding hydrogens is 452 g/mol. The molecule has 1 aliphatic rings. The van der Waals surface area contributed by atoms with Crippen LogP contribution in [0.1, 0.15) is 64.3 Å². The maximum absolute atomic E-state index is 13.5. The molecule has 0 saturated carbocycles. The van der Waals surface area contributed by atoms with E-state index in [0.717, 1.165) is 30.7 Å². The van der Waals surface area contributed by atoms with Gasteiger partial charge in [-0.25, -0.2) is 13.4 Å². The molecule has 0 unspecified atom stereocenters. The lowest BCUT2D eigenvalue weighted by Gasteiger charge is -2.51. The Balaban J connectivity index is 1.90. The van der Waals surface area contributed by atoms with E-state index in [1.54, 1.807) is 16.6 Å². The van der Waals surface area contributed by atoms with Crippen LogP contribution in [0.3, 0.4) is 0 Å². The normalized spacial score (nSPS) is 16.6. The molecule has 2 aromatic heterocycles. The highest BCUT2D eigenvalue weighted by atomic mass is 79.9. The summed E-state index contributed by atoms with van der Waals surface area (Å²) >= 11 is 3.38. The predicted molar refractivity (Wildman–Crippen MR) is 119 cm³/mol. The summed E-state index contributed by atoms with van der Waals surface area (Å²) in [5, 5.41) is 3.20. The van der Waals surface area contributed by atoms with Crippen molar-refractivity contribution in [3.05, 3.63) is 46.3 Å². The minimum Gasteiger partial charge on any atom is -0.363 e. The van der Waals surface area contributed by atoms with Gasteiger partial charge in [0.15, 0.2) is 0 Å². The first-order valence-corrected chi connectivity index (χ1v) is 12.3. The molecule has 0 atom stereocenters. The van der Waals surface area contributed by atoms with E-state index in [0.29, 0.717) is 29.3 Å². The molecule has 29 heavy (non-hydrogen) atoms. The predicted octanol–water partition coefficient (Wildman–Crippen LogP) is 4.93. The Labute approximate surface area is 182 Å². The molecule has 2 aromatic rings. The lowest BCUT2D eigenvalue weighted by molar-refractivity contribution is 0.0626. The summed E-state index contributed by atoms with van der Waals surface area (Å²) in [4.78, 5) is 9.22. The van der Waals surface area contributed by atoms with E-state index in [2.05, 4.69) is 58.9 Å². The highest BCUT2D eigenvalue weighted by Crippen LogP contribution is 2.42. The van der Waals surface area contributed by atoms with E-state index in [-0.39, 0.29) is 10.4 Å². The fraction of sp³-hybridized carbons (Fsp3) is 0.524. The second kappa shape index (κ2) is 8.70. The molecule has 0 spiro atoms. The number of hydrogen-bond acceptors (Lipinski definition) is 5. The van der Waals surface area contributed by atoms with Crippen LogP contribution < -0.4 is 5.32 Å². The van der Waals surface area contributed by atoms with E-state index < -0.39 is 10.0 Å². The van der Waals surface area contributed by atoms with Gasteiger partial charge in [0.05, 0.1) is 12.2 Å². The van der Waals surface area contributed by atoms with Gasteiger partial charge >= 0.3 is 0 Å². The van der Waals surface area contributed by atoms with Crippen LogP contribution in [0.4, 0.5) is 5.82 Å². The summed E-state index contributed by atoms with van der Waals surface area (Å²) in [5.41, 5.74) is 1.58. The topological polar surface area (TPSA) is 75.2 Å². The van der Waals surface area contributed by atoms with Crippen LogP contribution in [-0.2, 0) is 16.6 Å². The zero-order chi connectivity index (χ0) is 21.2. The molecule has 0 aromatic carbocycles. The zero-order valence-corrected chi connectivity index (χ0v) is 19.8. The minimum absolute atomic E-state index is 0.206. The van der Waals surface area contributed by atoms with Crippen molar-refractivity contribution < 1.29 is 8.42 Å². The molecular formula is C21H29BrN4O2S. The SMILES string of the molecule is CCC1(CC)CCN1S(=O)(=O)c1cc(Br)cnc1NCc1cccc(C(C)C)n1. The van der Waals surface area contributed by atoms with E-state index in [1.807, 2.05) is 18.2 Å². The first-order valence-electron chi connectivity index (χ1n) is 10.1. The number of rotatable bonds is 8. The Morgan fingerprint density at radius 3 is 2.59 bits per heavy atom. The third-order valence-corrected chi connectivity index (χ3v) is 8.32. The Morgan fingerprint density at radius 2 is 2.00 bits per heavy atom. The minimum atomic E-state index is -3.66. The lowest BCUT2D eigenvalue weighted by atomic mass is 9.83. The average Bonchev–Trinajstić information content (AvgIpc) is 2.67. The van der Waals surface area contributed by atoms with Crippen LogP contribution in [0.15, 0.2) is 39.8 Å². The third-order valence-electron chi connectivity index (χ3n) is 5.87. The molecule has 1 aliphatic heterocycles. The third kappa shape index (κ3) is 4.34. The van der Waals surface area contributed by atoms with Crippen molar-refractivity contribution in [1.82, 2.24) is 14.3 Å². The van der Waals surface area contributed by atoms with Crippen LogP contribution in [0.2, 0.25) is 0 Å². The second-order valence-electron chi connectivity index (χ2n) is 7.82. The fourth-order valence-corrected chi connectivity index (χ4v) is 6.37. The van der Waals surface area contributed by atoms with E-state index in [9.17, 15) is 8.42 Å². The van der Waals surface area contributed by atoms with E-state index in [4.69, 9.17) is 0 Å². The monoisotopic (exact) mass is 480 g/mol. The maximum Gasteiger partial charge on any atom is 0.247 e. The first-order chi connectivity index (χ1) is 13.7.